The number of hydrogen-bond donors (Lipinski definition) is 2. The van der Waals surface area contributed by atoms with Crippen LogP contribution in [0.25, 0.3) is 0 Å². The molecule has 94 valence electrons. The number of anilines is 2. The van der Waals surface area contributed by atoms with Crippen LogP contribution in [0.5, 0.6) is 0 Å². The van der Waals surface area contributed by atoms with Crippen molar-refractivity contribution in [2.45, 2.75) is 13.8 Å². The van der Waals surface area contributed by atoms with E-state index < -0.39 is 0 Å². The number of aryl methyl sites for hydroxylation is 2. The van der Waals surface area contributed by atoms with Crippen molar-refractivity contribution < 1.29 is 9.21 Å². The van der Waals surface area contributed by atoms with Gasteiger partial charge in [-0.25, -0.2) is 4.98 Å². The number of benzene rings is 1. The number of carbonyl (C=O) groups is 1. The number of oxazole rings is 1. The Morgan fingerprint density at radius 3 is 2.72 bits per heavy atom. The molecule has 1 aromatic carbocycles. The molecule has 3 N–H and O–H groups in total. The van der Waals surface area contributed by atoms with Gasteiger partial charge in [0, 0.05) is 11.9 Å². The Bertz CT molecular complexity index is 607. The average molecular weight is 266 g/mol. The summed E-state index contributed by atoms with van der Waals surface area (Å²) < 4.78 is 5.22. The molecule has 0 aliphatic rings. The molecule has 0 fully saturated rings. The fourth-order valence-electron chi connectivity index (χ4n) is 1.57. The molecule has 1 aromatic heterocycles. The Labute approximate surface area is 109 Å². The van der Waals surface area contributed by atoms with Crippen molar-refractivity contribution in [3.8, 4) is 0 Å². The van der Waals surface area contributed by atoms with Crippen LogP contribution in [0.15, 0.2) is 22.6 Å². The number of halogens is 1. The molecule has 0 bridgehead atoms. The van der Waals surface area contributed by atoms with Gasteiger partial charge in [0.05, 0.1) is 17.1 Å². The van der Waals surface area contributed by atoms with Crippen LogP contribution in [-0.4, -0.2) is 10.9 Å². The van der Waals surface area contributed by atoms with Crippen LogP contribution < -0.4 is 11.1 Å². The molecule has 0 atom stereocenters. The van der Waals surface area contributed by atoms with E-state index in [9.17, 15) is 4.79 Å². The summed E-state index contributed by atoms with van der Waals surface area (Å²) in [6.45, 7) is 3.39. The summed E-state index contributed by atoms with van der Waals surface area (Å²) in [6.07, 6.45) is 0. The molecule has 0 saturated carbocycles. The van der Waals surface area contributed by atoms with Gasteiger partial charge in [0.1, 0.15) is 0 Å². The van der Waals surface area contributed by atoms with E-state index >= 15 is 0 Å². The second kappa shape index (κ2) is 4.70. The number of hydrogen-bond acceptors (Lipinski definition) is 4. The van der Waals surface area contributed by atoms with Crippen molar-refractivity contribution in [2.24, 2.45) is 0 Å². The minimum Gasteiger partial charge on any atom is -0.436 e. The lowest BCUT2D eigenvalue weighted by molar-refractivity contribution is 0.0994. The number of rotatable bonds is 2. The Morgan fingerprint density at radius 2 is 2.17 bits per heavy atom. The first-order valence-electron chi connectivity index (χ1n) is 5.28. The molecule has 6 heteroatoms. The van der Waals surface area contributed by atoms with Gasteiger partial charge in [-0.2, -0.15) is 0 Å². The van der Waals surface area contributed by atoms with E-state index in [-0.39, 0.29) is 11.7 Å². The first kappa shape index (κ1) is 12.4. The number of nitrogens with one attached hydrogen (secondary N) is 1. The predicted octanol–water partition coefficient (Wildman–Crippen LogP) is 2.78. The number of nitrogens with two attached hydrogens (primary N) is 1. The van der Waals surface area contributed by atoms with Crippen molar-refractivity contribution >= 4 is 28.9 Å². The van der Waals surface area contributed by atoms with Crippen molar-refractivity contribution in [3.63, 3.8) is 0 Å². The van der Waals surface area contributed by atoms with E-state index in [1.54, 1.807) is 32.0 Å². The van der Waals surface area contributed by atoms with Gasteiger partial charge in [-0.1, -0.05) is 11.6 Å². The molecule has 1 amide bonds. The van der Waals surface area contributed by atoms with E-state index in [0.29, 0.717) is 28.0 Å². The van der Waals surface area contributed by atoms with Gasteiger partial charge in [0.25, 0.3) is 5.91 Å². The molecule has 1 heterocycles. The van der Waals surface area contributed by atoms with Gasteiger partial charge < -0.3 is 15.5 Å². The summed E-state index contributed by atoms with van der Waals surface area (Å²) in [6, 6.07) is 4.84. The number of nitrogens with zero attached hydrogens (tertiary/aromatic N) is 1. The van der Waals surface area contributed by atoms with E-state index in [1.807, 2.05) is 0 Å². The molecule has 0 aliphatic heterocycles. The molecule has 18 heavy (non-hydrogen) atoms. The van der Waals surface area contributed by atoms with Gasteiger partial charge in [0.2, 0.25) is 5.76 Å². The Kier molecular flexibility index (Phi) is 3.25. The maximum atomic E-state index is 12.0. The largest absolute Gasteiger partial charge is 0.436 e. The molecule has 0 aliphatic carbocycles. The summed E-state index contributed by atoms with van der Waals surface area (Å²) in [5.74, 6) is 0.241. The normalized spacial score (nSPS) is 10.4. The maximum absolute atomic E-state index is 12.0. The molecule has 5 nitrogen and oxygen atoms in total. The topological polar surface area (TPSA) is 81.2 Å². The minimum absolute atomic E-state index is 0.182. The molecular weight excluding hydrogens is 254 g/mol. The van der Waals surface area contributed by atoms with Gasteiger partial charge >= 0.3 is 0 Å². The predicted molar refractivity (Wildman–Crippen MR) is 69.8 cm³/mol. The summed E-state index contributed by atoms with van der Waals surface area (Å²) in [5, 5.41) is 3.16. The van der Waals surface area contributed by atoms with Crippen molar-refractivity contribution in [3.05, 3.63) is 40.6 Å². The number of nitrogen functional groups attached to an aromatic ring is 1. The van der Waals surface area contributed by atoms with Gasteiger partial charge in [-0.3, -0.25) is 4.79 Å². The van der Waals surface area contributed by atoms with Gasteiger partial charge in [0.15, 0.2) is 5.89 Å². The monoisotopic (exact) mass is 265 g/mol. The van der Waals surface area contributed by atoms with Crippen LogP contribution in [0.1, 0.15) is 22.1 Å². The lowest BCUT2D eigenvalue weighted by Gasteiger charge is -2.07. The van der Waals surface area contributed by atoms with Crippen LogP contribution in [0.4, 0.5) is 11.4 Å². The summed E-state index contributed by atoms with van der Waals surface area (Å²) in [4.78, 5) is 16.0. The van der Waals surface area contributed by atoms with Gasteiger partial charge in [-0.05, 0) is 25.1 Å². The van der Waals surface area contributed by atoms with E-state index in [0.717, 1.165) is 0 Å². The Balaban J connectivity index is 2.24. The van der Waals surface area contributed by atoms with Crippen LogP contribution in [0.3, 0.4) is 0 Å². The van der Waals surface area contributed by atoms with Crippen molar-refractivity contribution in [2.75, 3.05) is 11.1 Å². The highest BCUT2D eigenvalue weighted by Crippen LogP contribution is 2.23. The highest BCUT2D eigenvalue weighted by atomic mass is 35.5. The third-order valence-corrected chi connectivity index (χ3v) is 2.61. The van der Waals surface area contributed by atoms with E-state index in [1.165, 1.54) is 0 Å². The van der Waals surface area contributed by atoms with Crippen molar-refractivity contribution in [1.29, 1.82) is 0 Å². The van der Waals surface area contributed by atoms with E-state index in [4.69, 9.17) is 21.8 Å². The molecule has 0 unspecified atom stereocenters. The first-order valence-corrected chi connectivity index (χ1v) is 5.65. The molecule has 0 saturated heterocycles. The third kappa shape index (κ3) is 2.46. The Morgan fingerprint density at radius 1 is 1.44 bits per heavy atom. The third-order valence-electron chi connectivity index (χ3n) is 2.37. The minimum atomic E-state index is -0.387. The quantitative estimate of drug-likeness (QED) is 0.818. The average Bonchev–Trinajstić information content (AvgIpc) is 2.62. The van der Waals surface area contributed by atoms with Crippen LogP contribution in [0, 0.1) is 13.8 Å². The lowest BCUT2D eigenvalue weighted by atomic mass is 10.2. The fourth-order valence-corrected chi connectivity index (χ4v) is 1.75. The SMILES string of the molecule is Cc1nc(C)c(C(=O)Nc2ccc(Cl)cc2N)o1. The smallest absolute Gasteiger partial charge is 0.293 e. The zero-order valence-electron chi connectivity index (χ0n) is 9.95. The Hall–Kier alpha value is -2.01. The lowest BCUT2D eigenvalue weighted by Crippen LogP contribution is -2.13. The van der Waals surface area contributed by atoms with Crippen LogP contribution in [0.2, 0.25) is 5.02 Å². The molecular formula is C12H12ClN3O2. The standard InChI is InChI=1S/C12H12ClN3O2/c1-6-11(18-7(2)15-6)12(17)16-10-4-3-8(13)5-9(10)14/h3-5H,14H2,1-2H3,(H,16,17). The number of carbonyl (C=O) groups excluding carboxylic acids is 1. The van der Waals surface area contributed by atoms with Crippen molar-refractivity contribution in [1.82, 2.24) is 4.98 Å². The first-order chi connectivity index (χ1) is 8.47. The highest BCUT2D eigenvalue weighted by molar-refractivity contribution is 6.31. The molecule has 2 rings (SSSR count). The van der Waals surface area contributed by atoms with Gasteiger partial charge in [-0.15, -0.1) is 0 Å². The number of aromatic nitrogens is 1. The summed E-state index contributed by atoms with van der Waals surface area (Å²) >= 11 is 5.78. The zero-order valence-corrected chi connectivity index (χ0v) is 10.7. The molecule has 2 aromatic rings. The maximum Gasteiger partial charge on any atom is 0.293 e. The summed E-state index contributed by atoms with van der Waals surface area (Å²) in [5.41, 5.74) is 7.16. The summed E-state index contributed by atoms with van der Waals surface area (Å²) in [7, 11) is 0. The fraction of sp³-hybridized carbons (Fsp3) is 0.167. The second-order valence-electron chi connectivity index (χ2n) is 3.83. The molecule has 0 spiro atoms. The zero-order chi connectivity index (χ0) is 13.3. The number of amides is 1. The van der Waals surface area contributed by atoms with Crippen LogP contribution in [-0.2, 0) is 0 Å². The highest BCUT2D eigenvalue weighted by Gasteiger charge is 2.16. The second-order valence-corrected chi connectivity index (χ2v) is 4.27. The van der Waals surface area contributed by atoms with Crippen LogP contribution >= 0.6 is 11.6 Å². The van der Waals surface area contributed by atoms with E-state index in [2.05, 4.69) is 10.3 Å². The molecule has 0 radical (unpaired) electrons.